The Kier molecular flexibility index (Phi) is 38.7. The number of nitrogens with one attached hydrogen (secondary N) is 14. The van der Waals surface area contributed by atoms with E-state index in [9.17, 15) is 112 Å². The third-order valence-electron chi connectivity index (χ3n) is 24.3. The smallest absolute Gasteiger partial charge is 0.303 e. The summed E-state index contributed by atoms with van der Waals surface area (Å²) in [6, 6.07) is 1.28. The molecular weight excluding hydrogens is 1700 g/mol. The number of H-pyrrole nitrogens is 1. The summed E-state index contributed by atoms with van der Waals surface area (Å²) in [5, 5.41) is 87.9. The number of carboxylic acids is 1. The molecule has 0 bridgehead atoms. The molecule has 41 nitrogen and oxygen atoms in total. The largest absolute Gasteiger partial charge is 0.481 e. The van der Waals surface area contributed by atoms with Crippen LogP contribution in [0.1, 0.15) is 213 Å². The molecule has 3 aromatic rings. The first kappa shape index (κ1) is 108. The highest BCUT2D eigenvalue weighted by Gasteiger charge is 2.51. The zero-order valence-corrected chi connectivity index (χ0v) is 78.3. The van der Waals surface area contributed by atoms with E-state index in [0.717, 1.165) is 33.2 Å². The second-order valence-electron chi connectivity index (χ2n) is 37.6. The normalized spacial score (nSPS) is 19.5. The summed E-state index contributed by atoms with van der Waals surface area (Å²) in [7, 11) is 0. The fraction of sp³-hybridized carbons (Fsp3) is 0.644. The number of hydrogen-bond donors (Lipinski definition) is 20. The Morgan fingerprint density at radius 3 is 1.52 bits per heavy atom. The van der Waals surface area contributed by atoms with Gasteiger partial charge in [0.15, 0.2) is 0 Å². The number of fused-ring (bicyclic) bond motifs is 1. The molecule has 17 atom stereocenters. The third kappa shape index (κ3) is 29.6. The fourth-order valence-electron chi connectivity index (χ4n) is 16.0. The highest BCUT2D eigenvalue weighted by molar-refractivity contribution is 6.04. The Morgan fingerprint density at radius 2 is 0.985 bits per heavy atom. The van der Waals surface area contributed by atoms with Crippen LogP contribution >= 0.6 is 0 Å². The summed E-state index contributed by atoms with van der Waals surface area (Å²) < 4.78 is 0. The molecule has 131 heavy (non-hydrogen) atoms. The minimum absolute atomic E-state index is 0.0182. The number of nitrogens with zero attached hydrogens (tertiary/aromatic N) is 3. The van der Waals surface area contributed by atoms with Crippen molar-refractivity contribution in [1.82, 2.24) is 88.8 Å². The number of carbonyl (C=O) groups excluding carboxylic acids is 17. The molecule has 0 saturated carbocycles. The molecule has 0 aliphatic carbocycles. The second kappa shape index (κ2) is 46.9. The number of rotatable bonds is 47. The highest BCUT2D eigenvalue weighted by Crippen LogP contribution is 2.30. The maximum Gasteiger partial charge on any atom is 0.303 e. The van der Waals surface area contributed by atoms with Crippen LogP contribution in [0.25, 0.3) is 10.9 Å². The van der Waals surface area contributed by atoms with Crippen molar-refractivity contribution >= 4 is 117 Å². The molecule has 21 N–H and O–H groups in total. The van der Waals surface area contributed by atoms with Crippen molar-refractivity contribution in [3.05, 3.63) is 71.9 Å². The first-order chi connectivity index (χ1) is 61.0. The fourth-order valence-corrected chi connectivity index (χ4v) is 16.0. The van der Waals surface area contributed by atoms with E-state index >= 15 is 0 Å². The molecule has 0 spiro atoms. The van der Waals surface area contributed by atoms with Gasteiger partial charge in [0, 0.05) is 75.8 Å². The average molecular weight is 1840 g/mol. The highest BCUT2D eigenvalue weighted by atomic mass is 16.4. The molecule has 41 heteroatoms. The number of carbonyl (C=O) groups is 18. The van der Waals surface area contributed by atoms with Crippen LogP contribution in [0, 0.1) is 17.8 Å². The van der Waals surface area contributed by atoms with Crippen molar-refractivity contribution in [2.24, 2.45) is 23.5 Å². The number of benzene rings is 2. The SMILES string of the molecule is CCC(C)C(NC(=O)C(Cc1c[nH]c2ccccc12)NC(C)=O)C(=O)NC(CCC(=O)O)C(=O)NC(C)(CC)C(=O)NC(C(=O)N[C@H](C(=O)NC(C)(C)C(=O)NC(CC(C)C)C(=O)NC(C)(C)C(=O)N1CC(O)CC1C(=O)NC(CCC(N)=O)C(=O)NC(C)(C)C(=O)N1CC(O)CC1C(=O)NC(C)(C)C(=O)N1CCCC1C(=O)NC(CO)Cc1ccccc1)[C@@H](C)O)C(C)CC. The molecule has 3 fully saturated rings. The van der Waals surface area contributed by atoms with E-state index in [1.807, 2.05) is 54.6 Å². The Balaban J connectivity index is 1.09. The molecule has 6 rings (SSSR count). The number of carboxylic acid groups (broad SMARTS) is 1. The number of amides is 17. The van der Waals surface area contributed by atoms with Gasteiger partial charge < -0.3 is 120 Å². The van der Waals surface area contributed by atoms with Gasteiger partial charge >= 0.3 is 5.97 Å². The van der Waals surface area contributed by atoms with E-state index < -0.39 is 276 Å². The van der Waals surface area contributed by atoms with Crippen LogP contribution < -0.4 is 74.9 Å². The summed E-state index contributed by atoms with van der Waals surface area (Å²) in [5.41, 5.74) is -1.63. The average Bonchev–Trinajstić information content (AvgIpc) is 1.67. The van der Waals surface area contributed by atoms with Crippen LogP contribution in [0.4, 0.5) is 0 Å². The van der Waals surface area contributed by atoms with Gasteiger partial charge in [0.2, 0.25) is 100 Å². The minimum atomic E-state index is -1.98. The summed E-state index contributed by atoms with van der Waals surface area (Å²) in [6.07, 6.45) is -4.06. The maximum absolute atomic E-state index is 14.8. The van der Waals surface area contributed by atoms with Crippen molar-refractivity contribution in [3.63, 3.8) is 0 Å². The number of aliphatic hydroxyl groups excluding tert-OH is 4. The third-order valence-corrected chi connectivity index (χ3v) is 24.3. The standard InChI is InChI=1S/C90H138N18O23/c1-19-48(6)68(98-71(117)62(93-51(9)111)40-53-43-92-58-31-26-25-30-57(53)58)78(124)96-60(34-36-67(115)116)73(119)105-90(18,21-3)82(128)100-69(49(7)20-2)79(125)99-70(50(8)110)80(126)104-86(10,11)81(127)97-61(38-47(4)5)74(120)102-89(16,17)84(130)107-44-55(112)41-64(107)76(122)95-59(33-35-66(91)114)72(118)101-88(14,15)85(131)108-45-56(113)42-65(108)77(123)103-87(12,13)83(129)106-37-27-32-63(106)75(121)94-54(46-109)39-52-28-23-22-24-29-52/h22-26,28-31,43,47-50,54-56,59-65,68-70,92,109-110,112-113H,19-21,27,32-42,44-46H2,1-18H3,(H2,91,114)(H,93,111)(H,94,121)(H,95,122)(H,96,124)(H,97,127)(H,98,117)(H,99,125)(H,100,128)(H,101,118)(H,102,120)(H,103,123)(H,104,126)(H,105,119)(H,115,116)/t48?,49?,50-,54?,55?,56?,59?,60?,61?,62?,63?,64?,65?,68?,69?,70+,90?/m1/s1. The lowest BCUT2D eigenvalue weighted by molar-refractivity contribution is -0.148. The first-order valence-electron chi connectivity index (χ1n) is 44.7. The second-order valence-corrected chi connectivity index (χ2v) is 37.6. The summed E-state index contributed by atoms with van der Waals surface area (Å²) in [6.45, 7) is 24.7. The zero-order valence-electron chi connectivity index (χ0n) is 78.3. The van der Waals surface area contributed by atoms with Crippen molar-refractivity contribution in [1.29, 1.82) is 0 Å². The molecule has 726 valence electrons. The Bertz CT molecular complexity index is 4630. The molecule has 1 aromatic heterocycles. The number of primary amides is 1. The van der Waals surface area contributed by atoms with Crippen molar-refractivity contribution in [2.75, 3.05) is 26.2 Å². The molecule has 0 radical (unpaired) electrons. The van der Waals surface area contributed by atoms with Crippen LogP contribution in [-0.2, 0) is 99.1 Å². The number of aromatic amines is 1. The topological polar surface area (TPSA) is 616 Å². The van der Waals surface area contributed by atoms with Gasteiger partial charge in [-0.15, -0.1) is 0 Å². The number of hydrogen-bond acceptors (Lipinski definition) is 22. The van der Waals surface area contributed by atoms with Gasteiger partial charge in [0.25, 0.3) is 0 Å². The Hall–Kier alpha value is -11.7. The lowest BCUT2D eigenvalue weighted by atomic mass is 9.92. The number of para-hydroxylation sites is 1. The van der Waals surface area contributed by atoms with E-state index in [0.29, 0.717) is 31.2 Å². The van der Waals surface area contributed by atoms with Gasteiger partial charge in [-0.1, -0.05) is 110 Å². The van der Waals surface area contributed by atoms with Gasteiger partial charge in [0.1, 0.15) is 88.1 Å². The lowest BCUT2D eigenvalue weighted by Gasteiger charge is -2.37. The van der Waals surface area contributed by atoms with Crippen LogP contribution in [0.15, 0.2) is 60.8 Å². The van der Waals surface area contributed by atoms with Gasteiger partial charge in [-0.25, -0.2) is 0 Å². The molecule has 4 heterocycles. The molecule has 17 amide bonds. The van der Waals surface area contributed by atoms with Crippen LogP contribution in [0.2, 0.25) is 0 Å². The van der Waals surface area contributed by atoms with E-state index in [2.05, 4.69) is 74.1 Å². The number of nitrogens with two attached hydrogens (primary N) is 1. The van der Waals surface area contributed by atoms with E-state index in [1.54, 1.807) is 47.7 Å². The van der Waals surface area contributed by atoms with Crippen LogP contribution in [0.3, 0.4) is 0 Å². The predicted octanol–water partition coefficient (Wildman–Crippen LogP) is -1.73. The Labute approximate surface area is 763 Å². The predicted molar refractivity (Wildman–Crippen MR) is 478 cm³/mol. The van der Waals surface area contributed by atoms with E-state index in [1.165, 1.54) is 81.1 Å². The number of β-amino-alcohol motifs (C(OH)–C–C–N with tert-alkyl or cyclic N) is 2. The maximum atomic E-state index is 14.8. The van der Waals surface area contributed by atoms with Crippen molar-refractivity contribution in [2.45, 2.75) is 327 Å². The zero-order chi connectivity index (χ0) is 98.4. The monoisotopic (exact) mass is 1840 g/mol. The molecular formula is C90H138N18O23. The summed E-state index contributed by atoms with van der Waals surface area (Å²) in [4.78, 5) is 259. The Morgan fingerprint density at radius 1 is 0.496 bits per heavy atom. The van der Waals surface area contributed by atoms with Gasteiger partial charge in [-0.05, 0) is 149 Å². The number of aliphatic hydroxyl groups is 4. The number of aromatic nitrogens is 1. The van der Waals surface area contributed by atoms with Crippen LogP contribution in [0.5, 0.6) is 0 Å². The van der Waals surface area contributed by atoms with Gasteiger partial charge in [-0.3, -0.25) is 86.3 Å². The minimum Gasteiger partial charge on any atom is -0.481 e. The number of likely N-dealkylation sites (tertiary alicyclic amines) is 3. The molecule has 3 aliphatic rings. The number of aliphatic carboxylic acids is 1. The lowest BCUT2D eigenvalue weighted by Crippen LogP contribution is -2.66. The first-order valence-corrected chi connectivity index (χ1v) is 44.7. The van der Waals surface area contributed by atoms with Crippen molar-refractivity contribution in [3.8, 4) is 0 Å². The van der Waals surface area contributed by atoms with Gasteiger partial charge in [0.05, 0.1) is 31.0 Å². The summed E-state index contributed by atoms with van der Waals surface area (Å²) in [5.74, 6) is -18.0. The molecule has 3 saturated heterocycles. The summed E-state index contributed by atoms with van der Waals surface area (Å²) >= 11 is 0. The van der Waals surface area contributed by atoms with E-state index in [4.69, 9.17) is 5.73 Å². The van der Waals surface area contributed by atoms with E-state index in [-0.39, 0.29) is 51.2 Å². The van der Waals surface area contributed by atoms with Crippen LogP contribution in [-0.4, -0.2) is 290 Å². The molecule has 15 unspecified atom stereocenters. The van der Waals surface area contributed by atoms with Gasteiger partial charge in [-0.2, -0.15) is 0 Å². The van der Waals surface area contributed by atoms with Crippen molar-refractivity contribution < 1.29 is 112 Å². The molecule has 2 aromatic carbocycles. The molecule has 3 aliphatic heterocycles. The quantitative estimate of drug-likeness (QED) is 0.0299.